The van der Waals surface area contributed by atoms with Crippen LogP contribution in [-0.4, -0.2) is 44.4 Å². The molecule has 24 heavy (non-hydrogen) atoms. The van der Waals surface area contributed by atoms with E-state index >= 15 is 0 Å². The molecule has 0 aromatic carbocycles. The van der Waals surface area contributed by atoms with Crippen LogP contribution in [0.4, 0.5) is 0 Å². The van der Waals surface area contributed by atoms with E-state index in [1.807, 2.05) is 16.9 Å². The smallest absolute Gasteiger partial charge is 0.131 e. The lowest BCUT2D eigenvalue weighted by atomic mass is 10.1. The minimum atomic E-state index is -0.152. The van der Waals surface area contributed by atoms with Gasteiger partial charge in [-0.1, -0.05) is 24.0 Å². The van der Waals surface area contributed by atoms with Crippen LogP contribution >= 0.6 is 0 Å². The van der Waals surface area contributed by atoms with E-state index in [9.17, 15) is 0 Å². The van der Waals surface area contributed by atoms with Crippen molar-refractivity contribution in [3.05, 3.63) is 29.6 Å². The number of aliphatic hydroxyl groups is 1. The molecule has 6 nitrogen and oxygen atoms in total. The van der Waals surface area contributed by atoms with Crippen molar-refractivity contribution in [2.45, 2.75) is 45.3 Å². The Hall–Kier alpha value is -2.23. The van der Waals surface area contributed by atoms with Gasteiger partial charge in [-0.25, -0.2) is 4.68 Å². The fourth-order valence-electron chi connectivity index (χ4n) is 2.88. The zero-order chi connectivity index (χ0) is 16.8. The maximum atomic E-state index is 8.80. The summed E-state index contributed by atoms with van der Waals surface area (Å²) in [4.78, 5) is 4.50. The Labute approximate surface area is 141 Å². The Kier molecular flexibility index (Phi) is 5.57. The third-order valence-electron chi connectivity index (χ3n) is 4.11. The van der Waals surface area contributed by atoms with Crippen LogP contribution in [0.25, 0.3) is 11.4 Å². The summed E-state index contributed by atoms with van der Waals surface area (Å²) < 4.78 is 7.59. The minimum Gasteiger partial charge on any atom is -0.384 e. The average Bonchev–Trinajstić information content (AvgIpc) is 3.08. The number of nitrogens with zero attached hydrogens (tertiary/aromatic N) is 4. The van der Waals surface area contributed by atoms with Gasteiger partial charge in [-0.05, 0) is 37.3 Å². The van der Waals surface area contributed by atoms with Gasteiger partial charge in [-0.2, -0.15) is 0 Å². The molecule has 1 atom stereocenters. The highest BCUT2D eigenvalue weighted by molar-refractivity contribution is 5.59. The molecule has 3 heterocycles. The van der Waals surface area contributed by atoms with Gasteiger partial charge in [0.05, 0.1) is 24.5 Å². The van der Waals surface area contributed by atoms with Gasteiger partial charge < -0.3 is 9.84 Å². The summed E-state index contributed by atoms with van der Waals surface area (Å²) in [5.41, 5.74) is 3.47. The number of pyridine rings is 1. The van der Waals surface area contributed by atoms with Crippen molar-refractivity contribution < 1.29 is 9.84 Å². The molecule has 0 saturated carbocycles. The highest BCUT2D eigenvalue weighted by Gasteiger charge is 2.16. The molecule has 2 aromatic heterocycles. The summed E-state index contributed by atoms with van der Waals surface area (Å²) in [6.45, 7) is 3.49. The predicted octanol–water partition coefficient (Wildman–Crippen LogP) is 1.82. The molecule has 6 heteroatoms. The van der Waals surface area contributed by atoms with Crippen molar-refractivity contribution in [3.63, 3.8) is 0 Å². The van der Waals surface area contributed by atoms with Gasteiger partial charge in [0.25, 0.3) is 0 Å². The molecule has 0 radical (unpaired) electrons. The molecular weight excluding hydrogens is 304 g/mol. The zero-order valence-corrected chi connectivity index (χ0v) is 13.9. The van der Waals surface area contributed by atoms with Crippen molar-refractivity contribution >= 4 is 0 Å². The molecule has 0 bridgehead atoms. The molecule has 1 aliphatic rings. The number of aryl methyl sites for hydroxylation is 1. The van der Waals surface area contributed by atoms with E-state index in [4.69, 9.17) is 9.84 Å². The SMILES string of the molecule is CCc1cc(C#CCO)cnc1-c1cn(C[C@H]2CCCCO2)nn1. The van der Waals surface area contributed by atoms with E-state index in [2.05, 4.69) is 34.1 Å². The third kappa shape index (κ3) is 3.99. The number of aromatic nitrogens is 4. The van der Waals surface area contributed by atoms with Crippen LogP contribution in [0.15, 0.2) is 18.5 Å². The van der Waals surface area contributed by atoms with Gasteiger partial charge in [0.15, 0.2) is 0 Å². The lowest BCUT2D eigenvalue weighted by Gasteiger charge is -2.21. The molecule has 3 rings (SSSR count). The van der Waals surface area contributed by atoms with Crippen molar-refractivity contribution in [2.75, 3.05) is 13.2 Å². The molecule has 1 N–H and O–H groups in total. The Morgan fingerprint density at radius 1 is 1.42 bits per heavy atom. The van der Waals surface area contributed by atoms with E-state index in [1.165, 1.54) is 6.42 Å². The first kappa shape index (κ1) is 16.6. The molecule has 0 spiro atoms. The van der Waals surface area contributed by atoms with E-state index < -0.39 is 0 Å². The lowest BCUT2D eigenvalue weighted by Crippen LogP contribution is -2.24. The van der Waals surface area contributed by atoms with Gasteiger partial charge in [0, 0.05) is 18.4 Å². The topological polar surface area (TPSA) is 73.1 Å². The molecule has 1 saturated heterocycles. The minimum absolute atomic E-state index is 0.152. The molecule has 0 unspecified atom stereocenters. The Balaban J connectivity index is 1.78. The first-order chi connectivity index (χ1) is 11.8. The number of aliphatic hydroxyl groups excluding tert-OH is 1. The summed E-state index contributed by atoms with van der Waals surface area (Å²) in [5.74, 6) is 5.53. The molecule has 126 valence electrons. The van der Waals surface area contributed by atoms with Crippen molar-refractivity contribution in [3.8, 4) is 23.2 Å². The summed E-state index contributed by atoms with van der Waals surface area (Å²) >= 11 is 0. The van der Waals surface area contributed by atoms with E-state index in [0.717, 1.165) is 54.9 Å². The van der Waals surface area contributed by atoms with Crippen LogP contribution in [0.3, 0.4) is 0 Å². The lowest BCUT2D eigenvalue weighted by molar-refractivity contribution is 0.00370. The van der Waals surface area contributed by atoms with Crippen LogP contribution in [0, 0.1) is 11.8 Å². The number of hydrogen-bond acceptors (Lipinski definition) is 5. The van der Waals surface area contributed by atoms with E-state index in [-0.39, 0.29) is 12.7 Å². The Morgan fingerprint density at radius 2 is 2.33 bits per heavy atom. The average molecular weight is 326 g/mol. The molecule has 2 aromatic rings. The summed E-state index contributed by atoms with van der Waals surface area (Å²) in [6, 6.07) is 1.99. The van der Waals surface area contributed by atoms with E-state index in [0.29, 0.717) is 0 Å². The summed E-state index contributed by atoms with van der Waals surface area (Å²) in [6.07, 6.45) is 8.13. The maximum absolute atomic E-state index is 8.80. The standard InChI is InChI=1S/C18H22N4O2/c1-2-15-10-14(6-5-8-23)11-19-18(15)17-13-22(21-20-17)12-16-7-3-4-9-24-16/h10-11,13,16,23H,2-4,7-9,12H2,1H3/t16-/m1/s1. The second-order valence-corrected chi connectivity index (χ2v) is 5.86. The van der Waals surface area contributed by atoms with Gasteiger partial charge in [0.1, 0.15) is 12.3 Å². The van der Waals surface area contributed by atoms with Crippen LogP contribution in [-0.2, 0) is 17.7 Å². The van der Waals surface area contributed by atoms with Crippen molar-refractivity contribution in [2.24, 2.45) is 0 Å². The Bertz CT molecular complexity index is 739. The second-order valence-electron chi connectivity index (χ2n) is 5.86. The molecule has 1 fully saturated rings. The molecule has 0 amide bonds. The van der Waals surface area contributed by atoms with Crippen LogP contribution < -0.4 is 0 Å². The molecule has 0 aliphatic carbocycles. The quantitative estimate of drug-likeness (QED) is 0.868. The van der Waals surface area contributed by atoms with Gasteiger partial charge in [0.2, 0.25) is 0 Å². The van der Waals surface area contributed by atoms with Crippen molar-refractivity contribution in [1.29, 1.82) is 0 Å². The summed E-state index contributed by atoms with van der Waals surface area (Å²) in [7, 11) is 0. The third-order valence-corrected chi connectivity index (χ3v) is 4.11. The highest BCUT2D eigenvalue weighted by atomic mass is 16.5. The first-order valence-electron chi connectivity index (χ1n) is 8.41. The summed E-state index contributed by atoms with van der Waals surface area (Å²) in [5, 5.41) is 17.3. The Morgan fingerprint density at radius 3 is 3.08 bits per heavy atom. The first-order valence-corrected chi connectivity index (χ1v) is 8.41. The maximum Gasteiger partial charge on any atom is 0.131 e. The monoisotopic (exact) mass is 326 g/mol. The second kappa shape index (κ2) is 8.04. The van der Waals surface area contributed by atoms with E-state index in [1.54, 1.807) is 6.20 Å². The largest absolute Gasteiger partial charge is 0.384 e. The predicted molar refractivity (Wildman–Crippen MR) is 90.2 cm³/mol. The number of hydrogen-bond donors (Lipinski definition) is 1. The normalized spacial score (nSPS) is 17.3. The fourth-order valence-corrected chi connectivity index (χ4v) is 2.88. The highest BCUT2D eigenvalue weighted by Crippen LogP contribution is 2.21. The molecular formula is C18H22N4O2. The number of rotatable bonds is 4. The fraction of sp³-hybridized carbons (Fsp3) is 0.500. The number of ether oxygens (including phenoxy) is 1. The van der Waals surface area contributed by atoms with Crippen molar-refractivity contribution in [1.82, 2.24) is 20.0 Å². The van der Waals surface area contributed by atoms with Crippen LogP contribution in [0.2, 0.25) is 0 Å². The van der Waals surface area contributed by atoms with Crippen LogP contribution in [0.1, 0.15) is 37.3 Å². The zero-order valence-electron chi connectivity index (χ0n) is 13.9. The van der Waals surface area contributed by atoms with Gasteiger partial charge in [-0.3, -0.25) is 4.98 Å². The van der Waals surface area contributed by atoms with Crippen LogP contribution in [0.5, 0.6) is 0 Å². The molecule has 1 aliphatic heterocycles. The van der Waals surface area contributed by atoms with Gasteiger partial charge >= 0.3 is 0 Å². The van der Waals surface area contributed by atoms with Gasteiger partial charge in [-0.15, -0.1) is 5.10 Å².